The molecular weight excluding hydrogens is 221 g/mol. The van der Waals surface area contributed by atoms with Gasteiger partial charge in [-0.25, -0.2) is 9.37 Å². The van der Waals surface area contributed by atoms with Crippen LogP contribution in [0.3, 0.4) is 0 Å². The molecule has 1 aliphatic heterocycles. The van der Waals surface area contributed by atoms with Gasteiger partial charge in [-0.2, -0.15) is 0 Å². The zero-order valence-electron chi connectivity index (χ0n) is 9.82. The molecule has 1 aliphatic rings. The van der Waals surface area contributed by atoms with Crippen LogP contribution < -0.4 is 5.32 Å². The maximum atomic E-state index is 12.7. The fourth-order valence-corrected chi connectivity index (χ4v) is 2.04. The van der Waals surface area contributed by atoms with Gasteiger partial charge in [-0.15, -0.1) is 0 Å². The first-order valence-electron chi connectivity index (χ1n) is 5.78. The quantitative estimate of drug-likeness (QED) is 0.836. The molecule has 0 bridgehead atoms. The third kappa shape index (κ3) is 2.79. The van der Waals surface area contributed by atoms with Crippen molar-refractivity contribution in [2.45, 2.75) is 18.9 Å². The van der Waals surface area contributed by atoms with Crippen LogP contribution in [0.25, 0.3) is 0 Å². The van der Waals surface area contributed by atoms with E-state index < -0.39 is 5.82 Å². The number of carbonyl (C=O) groups is 1. The van der Waals surface area contributed by atoms with Crippen molar-refractivity contribution >= 4 is 5.91 Å². The fourth-order valence-electron chi connectivity index (χ4n) is 2.04. The van der Waals surface area contributed by atoms with Crippen LogP contribution in [0.5, 0.6) is 0 Å². The fraction of sp³-hybridized carbons (Fsp3) is 0.500. The van der Waals surface area contributed by atoms with E-state index in [9.17, 15) is 9.18 Å². The maximum Gasteiger partial charge on any atom is 0.272 e. The van der Waals surface area contributed by atoms with Gasteiger partial charge >= 0.3 is 0 Å². The SMILES string of the molecule is CN(C(=O)c1ccc(F)cn1)C1CCNCC1. The van der Waals surface area contributed by atoms with E-state index in [1.807, 2.05) is 0 Å². The van der Waals surface area contributed by atoms with Crippen molar-refractivity contribution in [3.63, 3.8) is 0 Å². The zero-order chi connectivity index (χ0) is 12.3. The number of carbonyl (C=O) groups excluding carboxylic acids is 1. The number of amides is 1. The van der Waals surface area contributed by atoms with E-state index in [0.29, 0.717) is 5.69 Å². The molecule has 1 fully saturated rings. The van der Waals surface area contributed by atoms with Crippen LogP contribution in [0.4, 0.5) is 4.39 Å². The summed E-state index contributed by atoms with van der Waals surface area (Å²) in [6.45, 7) is 1.86. The molecule has 0 aliphatic carbocycles. The van der Waals surface area contributed by atoms with Crippen molar-refractivity contribution in [1.29, 1.82) is 0 Å². The molecule has 2 rings (SSSR count). The summed E-state index contributed by atoms with van der Waals surface area (Å²) in [6, 6.07) is 2.93. The van der Waals surface area contributed by atoms with Crippen molar-refractivity contribution in [1.82, 2.24) is 15.2 Å². The standard InChI is InChI=1S/C12H16FN3O/c1-16(10-4-6-14-7-5-10)12(17)11-3-2-9(13)8-15-11/h2-3,8,10,14H,4-7H2,1H3. The third-order valence-electron chi connectivity index (χ3n) is 3.12. The van der Waals surface area contributed by atoms with Gasteiger partial charge in [0.2, 0.25) is 0 Å². The highest BCUT2D eigenvalue weighted by molar-refractivity contribution is 5.92. The minimum atomic E-state index is -0.425. The van der Waals surface area contributed by atoms with Crippen LogP contribution in [0.2, 0.25) is 0 Å². The highest BCUT2D eigenvalue weighted by Crippen LogP contribution is 2.12. The van der Waals surface area contributed by atoms with E-state index in [2.05, 4.69) is 10.3 Å². The lowest BCUT2D eigenvalue weighted by molar-refractivity contribution is 0.0697. The highest BCUT2D eigenvalue weighted by atomic mass is 19.1. The second-order valence-electron chi connectivity index (χ2n) is 4.26. The van der Waals surface area contributed by atoms with Gasteiger partial charge in [0.15, 0.2) is 0 Å². The van der Waals surface area contributed by atoms with Crippen LogP contribution in [0.1, 0.15) is 23.3 Å². The van der Waals surface area contributed by atoms with E-state index in [0.717, 1.165) is 32.1 Å². The Bertz CT molecular complexity index is 387. The summed E-state index contributed by atoms with van der Waals surface area (Å²) in [7, 11) is 1.78. The maximum absolute atomic E-state index is 12.7. The number of halogens is 1. The van der Waals surface area contributed by atoms with E-state index in [1.54, 1.807) is 11.9 Å². The number of aromatic nitrogens is 1. The number of nitrogens with zero attached hydrogens (tertiary/aromatic N) is 2. The summed E-state index contributed by atoms with van der Waals surface area (Å²) in [5.41, 5.74) is 0.299. The van der Waals surface area contributed by atoms with Crippen molar-refractivity contribution < 1.29 is 9.18 Å². The Labute approximate surface area is 99.8 Å². The second kappa shape index (κ2) is 5.23. The highest BCUT2D eigenvalue weighted by Gasteiger charge is 2.23. The lowest BCUT2D eigenvalue weighted by Crippen LogP contribution is -2.44. The molecule has 1 amide bonds. The first kappa shape index (κ1) is 12.0. The second-order valence-corrected chi connectivity index (χ2v) is 4.26. The molecule has 0 radical (unpaired) electrons. The molecule has 92 valence electrons. The topological polar surface area (TPSA) is 45.2 Å². The molecule has 0 unspecified atom stereocenters. The van der Waals surface area contributed by atoms with Crippen LogP contribution >= 0.6 is 0 Å². The van der Waals surface area contributed by atoms with Gasteiger partial charge in [-0.3, -0.25) is 4.79 Å². The average molecular weight is 237 g/mol. The number of hydrogen-bond donors (Lipinski definition) is 1. The molecule has 1 aromatic rings. The van der Waals surface area contributed by atoms with Gasteiger partial charge < -0.3 is 10.2 Å². The van der Waals surface area contributed by atoms with Crippen LogP contribution in [-0.4, -0.2) is 42.0 Å². The van der Waals surface area contributed by atoms with Gasteiger partial charge in [0.1, 0.15) is 11.5 Å². The summed E-state index contributed by atoms with van der Waals surface area (Å²) < 4.78 is 12.7. The van der Waals surface area contributed by atoms with E-state index >= 15 is 0 Å². The van der Waals surface area contributed by atoms with E-state index in [4.69, 9.17) is 0 Å². The molecule has 1 N–H and O–H groups in total. The summed E-state index contributed by atoms with van der Waals surface area (Å²) in [5.74, 6) is -0.567. The summed E-state index contributed by atoms with van der Waals surface area (Å²) in [4.78, 5) is 17.6. The van der Waals surface area contributed by atoms with Crippen molar-refractivity contribution in [2.75, 3.05) is 20.1 Å². The lowest BCUT2D eigenvalue weighted by Gasteiger charge is -2.31. The number of piperidine rings is 1. The third-order valence-corrected chi connectivity index (χ3v) is 3.12. The molecular formula is C12H16FN3O. The smallest absolute Gasteiger partial charge is 0.272 e. The Morgan fingerprint density at radius 3 is 2.76 bits per heavy atom. The molecule has 17 heavy (non-hydrogen) atoms. The first-order chi connectivity index (χ1) is 8.18. The predicted octanol–water partition coefficient (Wildman–Crippen LogP) is 1.04. The Hall–Kier alpha value is -1.49. The normalized spacial score (nSPS) is 16.8. The van der Waals surface area contributed by atoms with Crippen LogP contribution in [0.15, 0.2) is 18.3 Å². The molecule has 0 saturated carbocycles. The number of nitrogens with one attached hydrogen (secondary N) is 1. The molecule has 1 saturated heterocycles. The average Bonchev–Trinajstić information content (AvgIpc) is 2.39. The monoisotopic (exact) mass is 237 g/mol. The minimum absolute atomic E-state index is 0.142. The molecule has 5 heteroatoms. The minimum Gasteiger partial charge on any atom is -0.337 e. The van der Waals surface area contributed by atoms with Crippen molar-refractivity contribution in [3.8, 4) is 0 Å². The molecule has 0 aromatic carbocycles. The number of hydrogen-bond acceptors (Lipinski definition) is 3. The van der Waals surface area contributed by atoms with E-state index in [1.165, 1.54) is 12.1 Å². The van der Waals surface area contributed by atoms with Gasteiger partial charge in [0.05, 0.1) is 6.20 Å². The van der Waals surface area contributed by atoms with Crippen molar-refractivity contribution in [3.05, 3.63) is 29.8 Å². The largest absolute Gasteiger partial charge is 0.337 e. The van der Waals surface area contributed by atoms with Crippen molar-refractivity contribution in [2.24, 2.45) is 0 Å². The Morgan fingerprint density at radius 1 is 1.47 bits per heavy atom. The van der Waals surface area contributed by atoms with Gasteiger partial charge in [0, 0.05) is 13.1 Å². The Kier molecular flexibility index (Phi) is 3.68. The summed E-state index contributed by atoms with van der Waals surface area (Å²) in [5, 5.41) is 3.25. The van der Waals surface area contributed by atoms with Gasteiger partial charge in [-0.1, -0.05) is 0 Å². The van der Waals surface area contributed by atoms with Gasteiger partial charge in [-0.05, 0) is 38.1 Å². The summed E-state index contributed by atoms with van der Waals surface area (Å²) in [6.07, 6.45) is 2.97. The Balaban J connectivity index is 2.05. The van der Waals surface area contributed by atoms with Crippen LogP contribution in [-0.2, 0) is 0 Å². The Morgan fingerprint density at radius 2 is 2.18 bits per heavy atom. The zero-order valence-corrected chi connectivity index (χ0v) is 9.82. The predicted molar refractivity (Wildman–Crippen MR) is 62.2 cm³/mol. The number of rotatable bonds is 2. The van der Waals surface area contributed by atoms with Gasteiger partial charge in [0.25, 0.3) is 5.91 Å². The molecule has 0 atom stereocenters. The molecule has 2 heterocycles. The van der Waals surface area contributed by atoms with Crippen LogP contribution in [0, 0.1) is 5.82 Å². The summed E-state index contributed by atoms with van der Waals surface area (Å²) >= 11 is 0. The number of pyridine rings is 1. The molecule has 1 aromatic heterocycles. The lowest BCUT2D eigenvalue weighted by atomic mass is 10.1. The van der Waals surface area contributed by atoms with E-state index in [-0.39, 0.29) is 11.9 Å². The first-order valence-corrected chi connectivity index (χ1v) is 5.78. The molecule has 0 spiro atoms. The molecule has 4 nitrogen and oxygen atoms in total.